The number of rotatable bonds is 10. The molecule has 1 aliphatic rings. The van der Waals surface area contributed by atoms with Gasteiger partial charge in [0, 0.05) is 29.5 Å². The van der Waals surface area contributed by atoms with Crippen molar-refractivity contribution in [1.29, 1.82) is 0 Å². The minimum Gasteiger partial charge on any atom is -0.512 e. The first-order valence-electron chi connectivity index (χ1n) is 7.64. The van der Waals surface area contributed by atoms with Crippen LogP contribution in [0.2, 0.25) is 0 Å². The SMILES string of the molecule is CC1(C)CC(=O)C(C(C[N+](=O)[O-])P(=O)(OCCCl)OCCCl)=C(O)C1. The first-order chi connectivity index (χ1) is 11.6. The van der Waals surface area contributed by atoms with Gasteiger partial charge < -0.3 is 14.2 Å². The maximum Gasteiger partial charge on any atom is 0.345 e. The molecular formula is C14H22Cl2NO7P. The van der Waals surface area contributed by atoms with Gasteiger partial charge in [-0.15, -0.1) is 23.2 Å². The second kappa shape index (κ2) is 9.33. The van der Waals surface area contributed by atoms with Gasteiger partial charge in [0.1, 0.15) is 5.76 Å². The predicted octanol–water partition coefficient (Wildman–Crippen LogP) is 3.54. The number of Topliss-reactive ketones (excluding diaryl/α,β-unsaturated/α-hetero) is 1. The number of ketones is 1. The highest BCUT2D eigenvalue weighted by Gasteiger charge is 2.48. The number of aliphatic hydroxyl groups excluding tert-OH is 1. The molecule has 0 spiro atoms. The molecule has 0 aromatic carbocycles. The van der Waals surface area contributed by atoms with Crippen molar-refractivity contribution in [2.75, 3.05) is 31.5 Å². The summed E-state index contributed by atoms with van der Waals surface area (Å²) in [6.45, 7) is 2.31. The molecule has 0 amide bonds. The second-order valence-corrected chi connectivity index (χ2v) is 9.39. The van der Waals surface area contributed by atoms with Crippen molar-refractivity contribution >= 4 is 36.6 Å². The molecule has 0 fully saturated rings. The Morgan fingerprint density at radius 1 is 1.28 bits per heavy atom. The molecule has 1 rings (SSSR count). The Morgan fingerprint density at radius 2 is 1.80 bits per heavy atom. The van der Waals surface area contributed by atoms with E-state index in [2.05, 4.69) is 0 Å². The molecule has 1 N–H and O–H groups in total. The van der Waals surface area contributed by atoms with E-state index < -0.39 is 35.9 Å². The topological polar surface area (TPSA) is 116 Å². The molecule has 144 valence electrons. The highest BCUT2D eigenvalue weighted by Crippen LogP contribution is 2.57. The van der Waals surface area contributed by atoms with Crippen LogP contribution in [-0.4, -0.2) is 53.0 Å². The fourth-order valence-corrected chi connectivity index (χ4v) is 5.15. The summed E-state index contributed by atoms with van der Waals surface area (Å²) in [7, 11) is -4.15. The van der Waals surface area contributed by atoms with Crippen molar-refractivity contribution in [3.05, 3.63) is 21.4 Å². The van der Waals surface area contributed by atoms with Gasteiger partial charge in [-0.1, -0.05) is 13.8 Å². The zero-order chi connectivity index (χ0) is 19.3. The van der Waals surface area contributed by atoms with Gasteiger partial charge in [-0.3, -0.25) is 19.5 Å². The number of aliphatic hydroxyl groups is 1. The average molecular weight is 418 g/mol. The number of halogens is 2. The van der Waals surface area contributed by atoms with Crippen molar-refractivity contribution in [3.8, 4) is 0 Å². The third kappa shape index (κ3) is 6.22. The summed E-state index contributed by atoms with van der Waals surface area (Å²) in [5, 5.41) is 21.4. The second-order valence-electron chi connectivity index (χ2n) is 6.42. The fourth-order valence-electron chi connectivity index (χ4n) is 2.71. The maximum absolute atomic E-state index is 13.2. The Hall–Kier alpha value is -0.660. The number of alkyl halides is 2. The van der Waals surface area contributed by atoms with E-state index in [0.29, 0.717) is 0 Å². The summed E-state index contributed by atoms with van der Waals surface area (Å²) < 4.78 is 23.5. The largest absolute Gasteiger partial charge is 0.512 e. The summed E-state index contributed by atoms with van der Waals surface area (Å²) in [6, 6.07) is 0. The van der Waals surface area contributed by atoms with Crippen LogP contribution in [0.4, 0.5) is 0 Å². The minimum absolute atomic E-state index is 0.0224. The van der Waals surface area contributed by atoms with Crippen LogP contribution < -0.4 is 0 Å². The summed E-state index contributed by atoms with van der Waals surface area (Å²) in [5.74, 6) is -0.876. The molecule has 0 saturated heterocycles. The van der Waals surface area contributed by atoms with E-state index in [4.69, 9.17) is 32.2 Å². The Balaban J connectivity index is 3.36. The number of carbonyl (C=O) groups excluding carboxylic acids is 1. The first kappa shape index (κ1) is 22.4. The third-order valence-corrected chi connectivity index (χ3v) is 6.21. The van der Waals surface area contributed by atoms with Crippen molar-refractivity contribution < 1.29 is 28.4 Å². The molecule has 1 unspecified atom stereocenters. The van der Waals surface area contributed by atoms with Crippen LogP contribution in [0.25, 0.3) is 0 Å². The first-order valence-corrected chi connectivity index (χ1v) is 10.3. The van der Waals surface area contributed by atoms with Gasteiger partial charge in [-0.25, -0.2) is 0 Å². The fraction of sp³-hybridized carbons (Fsp3) is 0.786. The van der Waals surface area contributed by atoms with Crippen molar-refractivity contribution in [1.82, 2.24) is 0 Å². The molecule has 0 saturated carbocycles. The molecule has 8 nitrogen and oxygen atoms in total. The van der Waals surface area contributed by atoms with Crippen molar-refractivity contribution in [2.24, 2.45) is 5.41 Å². The van der Waals surface area contributed by atoms with Crippen molar-refractivity contribution in [2.45, 2.75) is 32.3 Å². The van der Waals surface area contributed by atoms with E-state index in [0.717, 1.165) is 0 Å². The van der Waals surface area contributed by atoms with Gasteiger partial charge in [0.05, 0.1) is 18.8 Å². The molecule has 11 heteroatoms. The molecule has 0 aliphatic heterocycles. The smallest absolute Gasteiger partial charge is 0.345 e. The van der Waals surface area contributed by atoms with Crippen LogP contribution in [0.15, 0.2) is 11.3 Å². The molecule has 25 heavy (non-hydrogen) atoms. The highest BCUT2D eigenvalue weighted by atomic mass is 35.5. The predicted molar refractivity (Wildman–Crippen MR) is 94.3 cm³/mol. The van der Waals surface area contributed by atoms with E-state index in [1.54, 1.807) is 13.8 Å². The molecule has 0 radical (unpaired) electrons. The number of hydrogen-bond acceptors (Lipinski definition) is 7. The third-order valence-electron chi connectivity index (χ3n) is 3.63. The number of nitro groups is 1. The Morgan fingerprint density at radius 3 is 2.20 bits per heavy atom. The van der Waals surface area contributed by atoms with E-state index in [9.17, 15) is 24.6 Å². The van der Waals surface area contributed by atoms with Crippen LogP contribution in [0, 0.1) is 15.5 Å². The lowest BCUT2D eigenvalue weighted by atomic mass is 9.76. The molecule has 0 bridgehead atoms. The van der Waals surface area contributed by atoms with E-state index >= 15 is 0 Å². The summed E-state index contributed by atoms with van der Waals surface area (Å²) in [5.41, 5.74) is -2.28. The molecule has 1 aliphatic carbocycles. The minimum atomic E-state index is -4.15. The number of carbonyl (C=O) groups is 1. The van der Waals surface area contributed by atoms with Crippen LogP contribution in [0.3, 0.4) is 0 Å². The van der Waals surface area contributed by atoms with Crippen LogP contribution in [-0.2, 0) is 18.4 Å². The highest BCUT2D eigenvalue weighted by molar-refractivity contribution is 7.55. The van der Waals surface area contributed by atoms with Crippen molar-refractivity contribution in [3.63, 3.8) is 0 Å². The Bertz CT molecular complexity index is 582. The quantitative estimate of drug-likeness (QED) is 0.250. The standard InChI is InChI=1S/C14H22Cl2NO7P/c1-14(2)7-10(18)13(11(19)8-14)12(9-17(20)21)25(22,23-5-3-15)24-6-4-16/h12,18H,3-9H2,1-2H3. The molecule has 1 atom stereocenters. The molecule has 0 aromatic heterocycles. The zero-order valence-electron chi connectivity index (χ0n) is 14.1. The normalized spacial score (nSPS) is 19.1. The van der Waals surface area contributed by atoms with Crippen LogP contribution >= 0.6 is 30.8 Å². The Kier molecular flexibility index (Phi) is 8.35. The number of nitrogens with zero attached hydrogens (tertiary/aromatic N) is 1. The Labute approximate surface area is 156 Å². The molecular weight excluding hydrogens is 396 g/mol. The molecule has 0 heterocycles. The van der Waals surface area contributed by atoms with Gasteiger partial charge >= 0.3 is 7.60 Å². The van der Waals surface area contributed by atoms with E-state index in [-0.39, 0.29) is 49.1 Å². The van der Waals surface area contributed by atoms with Crippen LogP contribution in [0.5, 0.6) is 0 Å². The van der Waals surface area contributed by atoms with Crippen LogP contribution in [0.1, 0.15) is 26.7 Å². The summed E-state index contributed by atoms with van der Waals surface area (Å²) in [6.07, 6.45) is 0.193. The van der Waals surface area contributed by atoms with E-state index in [1.165, 1.54) is 0 Å². The lowest BCUT2D eigenvalue weighted by molar-refractivity contribution is -0.478. The maximum atomic E-state index is 13.2. The lowest BCUT2D eigenvalue weighted by Gasteiger charge is -2.33. The van der Waals surface area contributed by atoms with Gasteiger partial charge in [0.25, 0.3) is 0 Å². The molecule has 0 aromatic rings. The summed E-state index contributed by atoms with van der Waals surface area (Å²) in [4.78, 5) is 22.9. The summed E-state index contributed by atoms with van der Waals surface area (Å²) >= 11 is 11.1. The van der Waals surface area contributed by atoms with Gasteiger partial charge in [0.15, 0.2) is 11.4 Å². The van der Waals surface area contributed by atoms with Gasteiger partial charge in [-0.05, 0) is 5.41 Å². The van der Waals surface area contributed by atoms with E-state index in [1.807, 2.05) is 0 Å². The zero-order valence-corrected chi connectivity index (χ0v) is 16.5. The van der Waals surface area contributed by atoms with Gasteiger partial charge in [0.2, 0.25) is 6.54 Å². The number of allylic oxidation sites excluding steroid dienone is 1. The average Bonchev–Trinajstić information content (AvgIpc) is 2.47. The van der Waals surface area contributed by atoms with Gasteiger partial charge in [-0.2, -0.15) is 0 Å². The monoisotopic (exact) mass is 417 g/mol. The lowest BCUT2D eigenvalue weighted by Crippen LogP contribution is -2.35. The number of hydrogen-bond donors (Lipinski definition) is 1.